The molecular weight excluding hydrogens is 204 g/mol. The van der Waals surface area contributed by atoms with E-state index in [4.69, 9.17) is 4.74 Å². The Morgan fingerprint density at radius 2 is 1.62 bits per heavy atom. The predicted molar refractivity (Wildman–Crippen MR) is 65.0 cm³/mol. The van der Waals surface area contributed by atoms with E-state index >= 15 is 0 Å². The molecule has 0 bridgehead atoms. The Bertz CT molecular complexity index is 263. The van der Waals surface area contributed by atoms with E-state index in [2.05, 4.69) is 13.2 Å². The fraction of sp³-hybridized carbons (Fsp3) is 0.615. The van der Waals surface area contributed by atoms with Crippen LogP contribution >= 0.6 is 0 Å². The Kier molecular flexibility index (Phi) is 6.04. The van der Waals surface area contributed by atoms with Gasteiger partial charge in [0.25, 0.3) is 0 Å². The molecule has 0 rings (SSSR count). The standard InChI is InChI=1S/C13H22O3/c1-10(2)6-13(8-14,7-11(3)4)9-16-12(5)15/h14H,1,3,6-9H2,2,4-5H3. The highest BCUT2D eigenvalue weighted by Crippen LogP contribution is 2.32. The number of ether oxygens (including phenoxy) is 1. The Balaban J connectivity index is 4.72. The maximum atomic E-state index is 10.8. The van der Waals surface area contributed by atoms with Gasteiger partial charge in [-0.25, -0.2) is 0 Å². The van der Waals surface area contributed by atoms with Crippen molar-refractivity contribution in [1.29, 1.82) is 0 Å². The summed E-state index contributed by atoms with van der Waals surface area (Å²) in [6.07, 6.45) is 1.26. The number of rotatable bonds is 7. The van der Waals surface area contributed by atoms with Crippen molar-refractivity contribution in [3.63, 3.8) is 0 Å². The zero-order chi connectivity index (χ0) is 12.8. The minimum atomic E-state index is -0.469. The largest absolute Gasteiger partial charge is 0.465 e. The van der Waals surface area contributed by atoms with E-state index in [1.165, 1.54) is 6.92 Å². The highest BCUT2D eigenvalue weighted by atomic mass is 16.5. The number of allylic oxidation sites excluding steroid dienone is 2. The first-order valence-corrected chi connectivity index (χ1v) is 5.34. The second-order valence-corrected chi connectivity index (χ2v) is 4.71. The van der Waals surface area contributed by atoms with Crippen molar-refractivity contribution in [2.75, 3.05) is 13.2 Å². The summed E-state index contributed by atoms with van der Waals surface area (Å²) in [4.78, 5) is 10.8. The zero-order valence-electron chi connectivity index (χ0n) is 10.5. The molecule has 0 aliphatic rings. The third kappa shape index (κ3) is 5.71. The number of carbonyl (C=O) groups is 1. The first kappa shape index (κ1) is 14.9. The fourth-order valence-corrected chi connectivity index (χ4v) is 1.86. The summed E-state index contributed by atoms with van der Waals surface area (Å²) in [5.74, 6) is -0.332. The van der Waals surface area contributed by atoms with Crippen LogP contribution in [0.2, 0.25) is 0 Å². The molecule has 3 nitrogen and oxygen atoms in total. The van der Waals surface area contributed by atoms with E-state index in [0.717, 1.165) is 11.1 Å². The van der Waals surface area contributed by atoms with Crippen LogP contribution in [0.3, 0.4) is 0 Å². The zero-order valence-corrected chi connectivity index (χ0v) is 10.5. The maximum Gasteiger partial charge on any atom is 0.302 e. The number of esters is 1. The van der Waals surface area contributed by atoms with E-state index in [0.29, 0.717) is 12.8 Å². The lowest BCUT2D eigenvalue weighted by atomic mass is 9.78. The summed E-state index contributed by atoms with van der Waals surface area (Å²) in [5, 5.41) is 9.51. The molecule has 3 heteroatoms. The Morgan fingerprint density at radius 3 is 1.88 bits per heavy atom. The van der Waals surface area contributed by atoms with Gasteiger partial charge in [-0.1, -0.05) is 11.1 Å². The van der Waals surface area contributed by atoms with Gasteiger partial charge in [-0.3, -0.25) is 4.79 Å². The third-order valence-corrected chi connectivity index (χ3v) is 2.27. The van der Waals surface area contributed by atoms with Crippen molar-refractivity contribution in [3.05, 3.63) is 24.3 Å². The van der Waals surface area contributed by atoms with Crippen LogP contribution in [0.4, 0.5) is 0 Å². The summed E-state index contributed by atoms with van der Waals surface area (Å²) in [6.45, 7) is 13.0. The third-order valence-electron chi connectivity index (χ3n) is 2.27. The fourth-order valence-electron chi connectivity index (χ4n) is 1.86. The van der Waals surface area contributed by atoms with Gasteiger partial charge < -0.3 is 9.84 Å². The van der Waals surface area contributed by atoms with Crippen molar-refractivity contribution < 1.29 is 14.6 Å². The van der Waals surface area contributed by atoms with Gasteiger partial charge in [-0.15, -0.1) is 13.2 Å². The Morgan fingerprint density at radius 1 is 1.19 bits per heavy atom. The second-order valence-electron chi connectivity index (χ2n) is 4.71. The number of hydrogen-bond acceptors (Lipinski definition) is 3. The molecule has 0 fully saturated rings. The van der Waals surface area contributed by atoms with E-state index in [9.17, 15) is 9.90 Å². The molecule has 0 saturated heterocycles. The predicted octanol–water partition coefficient (Wildman–Crippen LogP) is 2.46. The van der Waals surface area contributed by atoms with Crippen LogP contribution in [-0.2, 0) is 9.53 Å². The second kappa shape index (κ2) is 6.48. The first-order valence-electron chi connectivity index (χ1n) is 5.34. The van der Waals surface area contributed by atoms with Gasteiger partial charge >= 0.3 is 5.97 Å². The lowest BCUT2D eigenvalue weighted by molar-refractivity contribution is -0.145. The highest BCUT2D eigenvalue weighted by molar-refractivity contribution is 5.65. The van der Waals surface area contributed by atoms with Gasteiger partial charge in [-0.05, 0) is 26.7 Å². The SMILES string of the molecule is C=C(C)CC(CO)(COC(C)=O)CC(=C)C. The molecule has 0 aromatic carbocycles. The molecular formula is C13H22O3. The van der Waals surface area contributed by atoms with Crippen LogP contribution in [0.15, 0.2) is 24.3 Å². The smallest absolute Gasteiger partial charge is 0.302 e. The molecule has 92 valence electrons. The summed E-state index contributed by atoms with van der Waals surface area (Å²) >= 11 is 0. The number of aliphatic hydroxyl groups excluding tert-OH is 1. The van der Waals surface area contributed by atoms with Gasteiger partial charge in [-0.2, -0.15) is 0 Å². The van der Waals surface area contributed by atoms with E-state index in [1.54, 1.807) is 0 Å². The molecule has 0 radical (unpaired) electrons. The van der Waals surface area contributed by atoms with Crippen molar-refractivity contribution >= 4 is 5.97 Å². The normalized spacial score (nSPS) is 11.0. The minimum absolute atomic E-state index is 0.0417. The molecule has 0 aliphatic heterocycles. The molecule has 0 aromatic heterocycles. The van der Waals surface area contributed by atoms with Crippen LogP contribution in [0.5, 0.6) is 0 Å². The maximum absolute atomic E-state index is 10.8. The average molecular weight is 226 g/mol. The minimum Gasteiger partial charge on any atom is -0.465 e. The molecule has 0 heterocycles. The summed E-state index contributed by atoms with van der Waals surface area (Å²) in [6, 6.07) is 0. The van der Waals surface area contributed by atoms with Gasteiger partial charge in [0.2, 0.25) is 0 Å². The van der Waals surface area contributed by atoms with Gasteiger partial charge in [0.15, 0.2) is 0 Å². The molecule has 0 aliphatic carbocycles. The molecule has 16 heavy (non-hydrogen) atoms. The molecule has 0 spiro atoms. The lowest BCUT2D eigenvalue weighted by Gasteiger charge is -2.31. The van der Waals surface area contributed by atoms with Crippen LogP contribution in [-0.4, -0.2) is 24.3 Å². The average Bonchev–Trinajstić information content (AvgIpc) is 2.12. The first-order chi connectivity index (χ1) is 7.31. The van der Waals surface area contributed by atoms with Crippen molar-refractivity contribution in [1.82, 2.24) is 0 Å². The molecule has 0 atom stereocenters. The van der Waals surface area contributed by atoms with Gasteiger partial charge in [0.05, 0.1) is 13.2 Å². The monoisotopic (exact) mass is 226 g/mol. The number of aliphatic hydroxyl groups is 1. The Labute approximate surface area is 97.8 Å². The summed E-state index contributed by atoms with van der Waals surface area (Å²) in [7, 11) is 0. The van der Waals surface area contributed by atoms with Gasteiger partial charge in [0.1, 0.15) is 0 Å². The molecule has 0 amide bonds. The van der Waals surface area contributed by atoms with E-state index in [1.807, 2.05) is 13.8 Å². The van der Waals surface area contributed by atoms with Crippen molar-refractivity contribution in [3.8, 4) is 0 Å². The molecule has 0 saturated carbocycles. The topological polar surface area (TPSA) is 46.5 Å². The van der Waals surface area contributed by atoms with Gasteiger partial charge in [0, 0.05) is 12.3 Å². The number of carbonyl (C=O) groups excluding carboxylic acids is 1. The quantitative estimate of drug-likeness (QED) is 0.536. The van der Waals surface area contributed by atoms with Crippen molar-refractivity contribution in [2.45, 2.75) is 33.6 Å². The molecule has 0 unspecified atom stereocenters. The lowest BCUT2D eigenvalue weighted by Crippen LogP contribution is -2.32. The van der Waals surface area contributed by atoms with Crippen LogP contribution in [0.1, 0.15) is 33.6 Å². The summed E-state index contributed by atoms with van der Waals surface area (Å²) in [5.41, 5.74) is 1.45. The van der Waals surface area contributed by atoms with Crippen LogP contribution in [0.25, 0.3) is 0 Å². The van der Waals surface area contributed by atoms with Crippen LogP contribution in [0, 0.1) is 5.41 Å². The van der Waals surface area contributed by atoms with E-state index < -0.39 is 5.41 Å². The molecule has 0 aromatic rings. The molecule has 1 N–H and O–H groups in total. The highest BCUT2D eigenvalue weighted by Gasteiger charge is 2.31. The van der Waals surface area contributed by atoms with Crippen LogP contribution < -0.4 is 0 Å². The number of hydrogen-bond donors (Lipinski definition) is 1. The van der Waals surface area contributed by atoms with E-state index in [-0.39, 0.29) is 19.2 Å². The van der Waals surface area contributed by atoms with Crippen molar-refractivity contribution in [2.24, 2.45) is 5.41 Å². The summed E-state index contributed by atoms with van der Waals surface area (Å²) < 4.78 is 5.02. The Hall–Kier alpha value is -1.09.